The highest BCUT2D eigenvalue weighted by molar-refractivity contribution is 7.17. The minimum atomic E-state index is -0.0263. The first-order chi connectivity index (χ1) is 9.56. The fraction of sp³-hybridized carbons (Fsp3) is 0.143. The zero-order valence-corrected chi connectivity index (χ0v) is 12.3. The smallest absolute Gasteiger partial charge is 0.271 e. The summed E-state index contributed by atoms with van der Waals surface area (Å²) in [5, 5.41) is 2.47. The van der Waals surface area contributed by atoms with Crippen molar-refractivity contribution >= 4 is 38.8 Å². The second-order valence-corrected chi connectivity index (χ2v) is 5.92. The van der Waals surface area contributed by atoms with Gasteiger partial charge in [0.1, 0.15) is 4.70 Å². The maximum Gasteiger partial charge on any atom is 0.271 e. The van der Waals surface area contributed by atoms with Gasteiger partial charge in [0.25, 0.3) is 5.56 Å². The highest BCUT2D eigenvalue weighted by atomic mass is 35.5. The molecule has 0 unspecified atom stereocenters. The van der Waals surface area contributed by atoms with Gasteiger partial charge < -0.3 is 5.73 Å². The minimum absolute atomic E-state index is 0.0263. The predicted octanol–water partition coefficient (Wildman–Crippen LogP) is 3.05. The zero-order chi connectivity index (χ0) is 14.3. The van der Waals surface area contributed by atoms with E-state index in [1.54, 1.807) is 23.0 Å². The van der Waals surface area contributed by atoms with Gasteiger partial charge in [-0.15, -0.1) is 11.3 Å². The number of aryl methyl sites for hydroxylation is 1. The van der Waals surface area contributed by atoms with Crippen LogP contribution < -0.4 is 11.3 Å². The summed E-state index contributed by atoms with van der Waals surface area (Å²) in [4.78, 5) is 16.7. The third kappa shape index (κ3) is 2.19. The van der Waals surface area contributed by atoms with E-state index in [9.17, 15) is 4.79 Å². The number of nitrogens with two attached hydrogens (primary N) is 1. The Balaban J connectivity index is 2.04. The lowest BCUT2D eigenvalue weighted by Gasteiger charge is -2.07. The molecule has 102 valence electrons. The van der Waals surface area contributed by atoms with Crippen LogP contribution in [0.3, 0.4) is 0 Å². The second-order valence-electron chi connectivity index (χ2n) is 4.63. The van der Waals surface area contributed by atoms with Crippen LogP contribution in [0, 0.1) is 6.92 Å². The van der Waals surface area contributed by atoms with Crippen molar-refractivity contribution in [3.63, 3.8) is 0 Å². The van der Waals surface area contributed by atoms with Crippen molar-refractivity contribution in [2.75, 3.05) is 5.73 Å². The van der Waals surface area contributed by atoms with E-state index in [1.165, 1.54) is 11.3 Å². The van der Waals surface area contributed by atoms with Gasteiger partial charge in [0, 0.05) is 0 Å². The second kappa shape index (κ2) is 4.92. The summed E-state index contributed by atoms with van der Waals surface area (Å²) in [6.07, 6.45) is 1.58. The molecular formula is C14H12ClN3OS. The summed E-state index contributed by atoms with van der Waals surface area (Å²) in [5.41, 5.74) is 9.00. The van der Waals surface area contributed by atoms with Crippen LogP contribution in [0.2, 0.25) is 5.02 Å². The Hall–Kier alpha value is -1.85. The summed E-state index contributed by atoms with van der Waals surface area (Å²) in [7, 11) is 0. The molecule has 20 heavy (non-hydrogen) atoms. The van der Waals surface area contributed by atoms with Crippen molar-refractivity contribution in [1.29, 1.82) is 0 Å². The first kappa shape index (κ1) is 13.1. The number of fused-ring (bicyclic) bond motifs is 1. The Morgan fingerprint density at radius 1 is 1.45 bits per heavy atom. The molecular weight excluding hydrogens is 294 g/mol. The highest BCUT2D eigenvalue weighted by Gasteiger charge is 2.09. The Bertz CT molecular complexity index is 853. The molecule has 0 amide bonds. The number of hydrogen-bond donors (Lipinski definition) is 1. The van der Waals surface area contributed by atoms with E-state index >= 15 is 0 Å². The lowest BCUT2D eigenvalue weighted by molar-refractivity contribution is 0.750. The van der Waals surface area contributed by atoms with E-state index in [0.29, 0.717) is 22.0 Å². The molecule has 2 aromatic heterocycles. The largest absolute Gasteiger partial charge is 0.398 e. The Morgan fingerprint density at radius 3 is 3.00 bits per heavy atom. The fourth-order valence-electron chi connectivity index (χ4n) is 2.06. The lowest BCUT2D eigenvalue weighted by atomic mass is 10.2. The average Bonchev–Trinajstić information content (AvgIpc) is 2.80. The molecule has 6 heteroatoms. The summed E-state index contributed by atoms with van der Waals surface area (Å²) in [6.45, 7) is 2.38. The quantitative estimate of drug-likeness (QED) is 0.740. The molecule has 1 aromatic carbocycles. The van der Waals surface area contributed by atoms with E-state index in [1.807, 2.05) is 18.4 Å². The van der Waals surface area contributed by atoms with Crippen LogP contribution in [-0.2, 0) is 6.54 Å². The SMILES string of the molecule is Cc1csc2c(=O)n(Cc3ccc(Cl)c(N)c3)cnc12. The third-order valence-corrected chi connectivity index (χ3v) is 4.56. The molecule has 0 saturated heterocycles. The van der Waals surface area contributed by atoms with Crippen LogP contribution in [0.4, 0.5) is 5.69 Å². The van der Waals surface area contributed by atoms with Gasteiger partial charge in [0.15, 0.2) is 0 Å². The van der Waals surface area contributed by atoms with Gasteiger partial charge in [0.05, 0.1) is 29.1 Å². The molecule has 0 bridgehead atoms. The number of anilines is 1. The molecule has 0 aliphatic carbocycles. The van der Waals surface area contributed by atoms with Gasteiger partial charge in [-0.1, -0.05) is 17.7 Å². The van der Waals surface area contributed by atoms with Crippen LogP contribution >= 0.6 is 22.9 Å². The molecule has 0 spiro atoms. The van der Waals surface area contributed by atoms with Gasteiger partial charge >= 0.3 is 0 Å². The van der Waals surface area contributed by atoms with Crippen LogP contribution in [-0.4, -0.2) is 9.55 Å². The summed E-state index contributed by atoms with van der Waals surface area (Å²) < 4.78 is 2.27. The number of hydrogen-bond acceptors (Lipinski definition) is 4. The number of nitrogens with zero attached hydrogens (tertiary/aromatic N) is 2. The lowest BCUT2D eigenvalue weighted by Crippen LogP contribution is -2.20. The third-order valence-electron chi connectivity index (χ3n) is 3.14. The van der Waals surface area contributed by atoms with Gasteiger partial charge in [-0.2, -0.15) is 0 Å². The van der Waals surface area contributed by atoms with E-state index in [4.69, 9.17) is 17.3 Å². The van der Waals surface area contributed by atoms with E-state index in [0.717, 1.165) is 16.6 Å². The molecule has 0 atom stereocenters. The van der Waals surface area contributed by atoms with Gasteiger partial charge in [0.2, 0.25) is 0 Å². The molecule has 0 saturated carbocycles. The average molecular weight is 306 g/mol. The van der Waals surface area contributed by atoms with Gasteiger partial charge in [-0.25, -0.2) is 4.98 Å². The van der Waals surface area contributed by atoms with Crippen molar-refractivity contribution < 1.29 is 0 Å². The zero-order valence-electron chi connectivity index (χ0n) is 10.8. The highest BCUT2D eigenvalue weighted by Crippen LogP contribution is 2.21. The summed E-state index contributed by atoms with van der Waals surface area (Å²) >= 11 is 7.32. The van der Waals surface area contributed by atoms with Gasteiger partial charge in [-0.05, 0) is 35.6 Å². The Labute approximate surface area is 124 Å². The Morgan fingerprint density at radius 2 is 2.25 bits per heavy atom. The first-order valence-electron chi connectivity index (χ1n) is 6.03. The minimum Gasteiger partial charge on any atom is -0.398 e. The van der Waals surface area contributed by atoms with Crippen LogP contribution in [0.25, 0.3) is 10.2 Å². The number of rotatable bonds is 2. The van der Waals surface area contributed by atoms with Crippen molar-refractivity contribution in [2.45, 2.75) is 13.5 Å². The molecule has 0 aliphatic heterocycles. The maximum absolute atomic E-state index is 12.4. The standard InChI is InChI=1S/C14H12ClN3OS/c1-8-6-20-13-12(8)17-7-18(14(13)19)5-9-2-3-10(15)11(16)4-9/h2-4,6-7H,5,16H2,1H3. The molecule has 3 rings (SSSR count). The van der Waals surface area contributed by atoms with Crippen LogP contribution in [0.15, 0.2) is 34.7 Å². The molecule has 3 aromatic rings. The normalized spacial score (nSPS) is 11.1. The molecule has 2 heterocycles. The summed E-state index contributed by atoms with van der Waals surface area (Å²) in [6, 6.07) is 5.37. The van der Waals surface area contributed by atoms with Crippen molar-refractivity contribution in [3.8, 4) is 0 Å². The first-order valence-corrected chi connectivity index (χ1v) is 7.29. The van der Waals surface area contributed by atoms with Crippen LogP contribution in [0.1, 0.15) is 11.1 Å². The fourth-order valence-corrected chi connectivity index (χ4v) is 3.13. The molecule has 0 radical (unpaired) electrons. The van der Waals surface area contributed by atoms with Crippen LogP contribution in [0.5, 0.6) is 0 Å². The molecule has 0 aliphatic rings. The molecule has 2 N–H and O–H groups in total. The molecule has 0 fully saturated rings. The van der Waals surface area contributed by atoms with Crippen molar-refractivity contribution in [2.24, 2.45) is 0 Å². The van der Waals surface area contributed by atoms with E-state index in [-0.39, 0.29) is 5.56 Å². The molecule has 4 nitrogen and oxygen atoms in total. The topological polar surface area (TPSA) is 60.9 Å². The number of benzene rings is 1. The van der Waals surface area contributed by atoms with Gasteiger partial charge in [-0.3, -0.25) is 9.36 Å². The Kier molecular flexibility index (Phi) is 3.23. The van der Waals surface area contributed by atoms with E-state index < -0.39 is 0 Å². The number of halogens is 1. The van der Waals surface area contributed by atoms with Crippen molar-refractivity contribution in [1.82, 2.24) is 9.55 Å². The predicted molar refractivity (Wildman–Crippen MR) is 83.6 cm³/mol. The summed E-state index contributed by atoms with van der Waals surface area (Å²) in [5.74, 6) is 0. The number of thiophene rings is 1. The monoisotopic (exact) mass is 305 g/mol. The number of aromatic nitrogens is 2. The number of nitrogen functional groups attached to an aromatic ring is 1. The maximum atomic E-state index is 12.4. The van der Waals surface area contributed by atoms with E-state index in [2.05, 4.69) is 4.98 Å². The van der Waals surface area contributed by atoms with Crippen molar-refractivity contribution in [3.05, 3.63) is 56.4 Å².